The van der Waals surface area contributed by atoms with E-state index >= 15 is 0 Å². The average molecular weight is 382 g/mol. The molecule has 2 aromatic carbocycles. The van der Waals surface area contributed by atoms with Crippen molar-refractivity contribution in [3.63, 3.8) is 0 Å². The predicted molar refractivity (Wildman–Crippen MR) is 111 cm³/mol. The van der Waals surface area contributed by atoms with Crippen molar-refractivity contribution in [3.05, 3.63) is 73.9 Å². The number of rotatable bonds is 5. The van der Waals surface area contributed by atoms with Gasteiger partial charge in [-0.25, -0.2) is 4.99 Å². The highest BCUT2D eigenvalue weighted by Crippen LogP contribution is 2.27. The number of benzene rings is 2. The van der Waals surface area contributed by atoms with Gasteiger partial charge in [-0.2, -0.15) is 0 Å². The predicted octanol–water partition coefficient (Wildman–Crippen LogP) is 5.95. The summed E-state index contributed by atoms with van der Waals surface area (Å²) in [4.78, 5) is 16.4. The lowest BCUT2D eigenvalue weighted by Gasteiger charge is -2.15. The van der Waals surface area contributed by atoms with Crippen LogP contribution in [0.25, 0.3) is 11.3 Å². The van der Waals surface area contributed by atoms with Crippen LogP contribution in [0.1, 0.15) is 37.4 Å². The molecule has 0 fully saturated rings. The van der Waals surface area contributed by atoms with Gasteiger partial charge in [0.25, 0.3) is 5.69 Å². The van der Waals surface area contributed by atoms with Crippen molar-refractivity contribution in [2.45, 2.75) is 40.2 Å². The van der Waals surface area contributed by atoms with Crippen molar-refractivity contribution in [2.75, 3.05) is 0 Å². The minimum Gasteiger partial charge on any atom is -0.314 e. The largest absolute Gasteiger partial charge is 0.314 e. The highest BCUT2D eigenvalue weighted by molar-refractivity contribution is 7.07. The normalized spacial score (nSPS) is 13.0. The summed E-state index contributed by atoms with van der Waals surface area (Å²) in [5, 5.41) is 13.0. The molecule has 1 unspecified atom stereocenters. The molecule has 0 N–H and O–H groups in total. The maximum atomic E-state index is 10.9. The molecule has 6 heteroatoms. The Morgan fingerprint density at radius 1 is 1.19 bits per heavy atom. The van der Waals surface area contributed by atoms with Crippen LogP contribution in [0.5, 0.6) is 0 Å². The van der Waals surface area contributed by atoms with Crippen molar-refractivity contribution >= 4 is 22.7 Å². The first-order valence-corrected chi connectivity index (χ1v) is 9.85. The number of non-ortho nitro benzene ring substituents is 1. The van der Waals surface area contributed by atoms with Gasteiger partial charge in [-0.05, 0) is 62.1 Å². The van der Waals surface area contributed by atoms with Crippen molar-refractivity contribution in [1.29, 1.82) is 0 Å². The van der Waals surface area contributed by atoms with Gasteiger partial charge in [-0.15, -0.1) is 11.3 Å². The van der Waals surface area contributed by atoms with Crippen LogP contribution in [0.4, 0.5) is 11.4 Å². The van der Waals surface area contributed by atoms with Gasteiger partial charge in [0.1, 0.15) is 0 Å². The molecule has 27 heavy (non-hydrogen) atoms. The van der Waals surface area contributed by atoms with Gasteiger partial charge in [0.05, 0.1) is 16.3 Å². The molecular formula is C21H23N3O2S. The number of nitro groups is 1. The van der Waals surface area contributed by atoms with Gasteiger partial charge >= 0.3 is 0 Å². The van der Waals surface area contributed by atoms with E-state index in [1.807, 2.05) is 0 Å². The number of nitrogens with zero attached hydrogens (tertiary/aromatic N) is 3. The smallest absolute Gasteiger partial charge is 0.269 e. The standard InChI is InChI=1S/C21H23N3O2S/c1-5-16(4)23-20(17-8-10-18(11-9-17)24(25)26)13-27-21(23)22-19-12-14(2)6-7-15(19)3/h6-13,16H,5H2,1-4H3. The van der Waals surface area contributed by atoms with Gasteiger partial charge in [0.15, 0.2) is 4.80 Å². The topological polar surface area (TPSA) is 60.4 Å². The molecule has 1 heterocycles. The van der Waals surface area contributed by atoms with Crippen LogP contribution < -0.4 is 4.80 Å². The minimum atomic E-state index is -0.374. The fourth-order valence-corrected chi connectivity index (χ4v) is 3.93. The summed E-state index contributed by atoms with van der Waals surface area (Å²) >= 11 is 1.60. The number of aromatic nitrogens is 1. The Hall–Kier alpha value is -2.73. The van der Waals surface area contributed by atoms with E-state index in [4.69, 9.17) is 4.99 Å². The zero-order valence-corrected chi connectivity index (χ0v) is 16.8. The molecule has 0 saturated heterocycles. The van der Waals surface area contributed by atoms with E-state index in [1.165, 1.54) is 5.56 Å². The zero-order chi connectivity index (χ0) is 19.6. The van der Waals surface area contributed by atoms with Crippen LogP contribution >= 0.6 is 11.3 Å². The average Bonchev–Trinajstić information content (AvgIpc) is 3.07. The first-order chi connectivity index (χ1) is 12.9. The maximum Gasteiger partial charge on any atom is 0.269 e. The molecule has 0 radical (unpaired) electrons. The van der Waals surface area contributed by atoms with E-state index in [2.05, 4.69) is 55.8 Å². The third-order valence-electron chi connectivity index (χ3n) is 4.73. The number of hydrogen-bond acceptors (Lipinski definition) is 4. The molecule has 0 spiro atoms. The number of thiazole rings is 1. The lowest BCUT2D eigenvalue weighted by atomic mass is 10.1. The molecule has 0 aliphatic rings. The quantitative estimate of drug-likeness (QED) is 0.405. The molecule has 5 nitrogen and oxygen atoms in total. The van der Waals surface area contributed by atoms with Crippen molar-refractivity contribution in [1.82, 2.24) is 4.57 Å². The molecule has 1 aromatic heterocycles. The fraction of sp³-hybridized carbons (Fsp3) is 0.286. The lowest BCUT2D eigenvalue weighted by molar-refractivity contribution is -0.384. The molecule has 3 aromatic rings. The highest BCUT2D eigenvalue weighted by Gasteiger charge is 2.14. The van der Waals surface area contributed by atoms with Gasteiger partial charge < -0.3 is 4.57 Å². The summed E-state index contributed by atoms with van der Waals surface area (Å²) in [6, 6.07) is 13.3. The second kappa shape index (κ2) is 7.88. The molecule has 0 amide bonds. The molecule has 0 aliphatic carbocycles. The monoisotopic (exact) mass is 381 g/mol. The van der Waals surface area contributed by atoms with Crippen molar-refractivity contribution in [2.24, 2.45) is 4.99 Å². The molecule has 0 aliphatic heterocycles. The molecule has 3 rings (SSSR count). The van der Waals surface area contributed by atoms with Crippen LogP contribution in [0.2, 0.25) is 0 Å². The fourth-order valence-electron chi connectivity index (χ4n) is 2.92. The summed E-state index contributed by atoms with van der Waals surface area (Å²) in [6.07, 6.45) is 0.969. The Morgan fingerprint density at radius 3 is 2.52 bits per heavy atom. The van der Waals surface area contributed by atoms with Gasteiger partial charge in [-0.3, -0.25) is 10.1 Å². The number of hydrogen-bond donors (Lipinski definition) is 0. The van der Waals surface area contributed by atoms with E-state index in [-0.39, 0.29) is 16.7 Å². The Kier molecular flexibility index (Phi) is 5.56. The Labute approximate surface area is 162 Å². The van der Waals surface area contributed by atoms with Crippen LogP contribution in [-0.2, 0) is 0 Å². The molecule has 140 valence electrons. The Bertz CT molecular complexity index is 1030. The van der Waals surface area contributed by atoms with E-state index in [1.54, 1.807) is 35.6 Å². The summed E-state index contributed by atoms with van der Waals surface area (Å²) in [6.45, 7) is 8.45. The lowest BCUT2D eigenvalue weighted by Crippen LogP contribution is -2.19. The summed E-state index contributed by atoms with van der Waals surface area (Å²) in [5.74, 6) is 0. The number of aryl methyl sites for hydroxylation is 2. The molecule has 0 bridgehead atoms. The third-order valence-corrected chi connectivity index (χ3v) is 5.57. The molecule has 0 saturated carbocycles. The number of nitro benzene ring substituents is 1. The van der Waals surface area contributed by atoms with Crippen molar-refractivity contribution in [3.8, 4) is 11.3 Å². The van der Waals surface area contributed by atoms with Crippen molar-refractivity contribution < 1.29 is 4.92 Å². The van der Waals surface area contributed by atoms with Gasteiger partial charge in [0, 0.05) is 23.6 Å². The summed E-state index contributed by atoms with van der Waals surface area (Å²) in [5.41, 5.74) is 5.39. The minimum absolute atomic E-state index is 0.101. The second-order valence-corrected chi connectivity index (χ2v) is 7.57. The first-order valence-electron chi connectivity index (χ1n) is 8.97. The summed E-state index contributed by atoms with van der Waals surface area (Å²) < 4.78 is 2.23. The third kappa shape index (κ3) is 4.01. The van der Waals surface area contributed by atoms with Crippen LogP contribution in [-0.4, -0.2) is 9.49 Å². The zero-order valence-electron chi connectivity index (χ0n) is 16.0. The second-order valence-electron chi connectivity index (χ2n) is 6.74. The first kappa shape index (κ1) is 19.0. The molecular weight excluding hydrogens is 358 g/mol. The highest BCUT2D eigenvalue weighted by atomic mass is 32.1. The Morgan fingerprint density at radius 2 is 1.89 bits per heavy atom. The van der Waals surface area contributed by atoms with E-state index in [0.717, 1.165) is 33.7 Å². The van der Waals surface area contributed by atoms with E-state index in [9.17, 15) is 10.1 Å². The summed E-state index contributed by atoms with van der Waals surface area (Å²) in [7, 11) is 0. The SMILES string of the molecule is CCC(C)n1c(-c2ccc([N+](=O)[O-])cc2)csc1=Nc1cc(C)ccc1C. The van der Waals surface area contributed by atoms with E-state index in [0.29, 0.717) is 0 Å². The van der Waals surface area contributed by atoms with Gasteiger partial charge in [-0.1, -0.05) is 19.1 Å². The molecule has 1 atom stereocenters. The van der Waals surface area contributed by atoms with Crippen LogP contribution in [0.15, 0.2) is 52.8 Å². The van der Waals surface area contributed by atoms with Crippen LogP contribution in [0.3, 0.4) is 0 Å². The van der Waals surface area contributed by atoms with Crippen LogP contribution in [0, 0.1) is 24.0 Å². The Balaban J connectivity index is 2.16. The van der Waals surface area contributed by atoms with E-state index < -0.39 is 0 Å². The maximum absolute atomic E-state index is 10.9. The van der Waals surface area contributed by atoms with Gasteiger partial charge in [0.2, 0.25) is 0 Å².